The van der Waals surface area contributed by atoms with Crippen LogP contribution in [0, 0.1) is 0 Å². The summed E-state index contributed by atoms with van der Waals surface area (Å²) >= 11 is 0. The smallest absolute Gasteiger partial charge is 0.133 e. The fraction of sp³-hybridized carbons (Fsp3) is 0.706. The molecule has 1 aliphatic heterocycles. The predicted octanol–water partition coefficient (Wildman–Crippen LogP) is 2.67. The van der Waals surface area contributed by atoms with Gasteiger partial charge in [0.25, 0.3) is 0 Å². The quantitative estimate of drug-likeness (QED) is 0.873. The number of nitrogens with one attached hydrogen (secondary N) is 1. The van der Waals surface area contributed by atoms with E-state index in [0.29, 0.717) is 12.1 Å². The van der Waals surface area contributed by atoms with Gasteiger partial charge in [-0.3, -0.25) is 4.90 Å². The molecule has 2 rings (SSSR count). The van der Waals surface area contributed by atoms with E-state index in [-0.39, 0.29) is 0 Å². The van der Waals surface area contributed by atoms with Crippen molar-refractivity contribution in [1.29, 1.82) is 0 Å². The number of hydrogen-bond donors (Lipinski definition) is 1. The Morgan fingerprint density at radius 3 is 2.52 bits per heavy atom. The van der Waals surface area contributed by atoms with E-state index >= 15 is 0 Å². The molecule has 4 nitrogen and oxygen atoms in total. The Morgan fingerprint density at radius 1 is 1.19 bits per heavy atom. The van der Waals surface area contributed by atoms with Crippen molar-refractivity contribution in [3.63, 3.8) is 0 Å². The summed E-state index contributed by atoms with van der Waals surface area (Å²) in [6, 6.07) is 5.26. The summed E-state index contributed by atoms with van der Waals surface area (Å²) in [4.78, 5) is 9.65. The number of hydrogen-bond acceptors (Lipinski definition) is 4. The number of rotatable bonds is 6. The molecule has 1 N–H and O–H groups in total. The van der Waals surface area contributed by atoms with Gasteiger partial charge < -0.3 is 10.2 Å². The summed E-state index contributed by atoms with van der Waals surface area (Å²) in [6.45, 7) is 14.4. The third-order valence-corrected chi connectivity index (χ3v) is 4.33. The van der Waals surface area contributed by atoms with Gasteiger partial charge in [0.2, 0.25) is 0 Å². The van der Waals surface area contributed by atoms with Crippen LogP contribution in [-0.2, 0) is 0 Å². The van der Waals surface area contributed by atoms with E-state index < -0.39 is 0 Å². The fourth-order valence-corrected chi connectivity index (χ4v) is 2.93. The molecule has 1 aliphatic rings. The fourth-order valence-electron chi connectivity index (χ4n) is 2.93. The predicted molar refractivity (Wildman–Crippen MR) is 89.9 cm³/mol. The minimum Gasteiger partial charge on any atom is -0.354 e. The van der Waals surface area contributed by atoms with Gasteiger partial charge in [-0.1, -0.05) is 13.0 Å². The van der Waals surface area contributed by atoms with Crippen molar-refractivity contribution in [2.24, 2.45) is 0 Å². The minimum absolute atomic E-state index is 0.358. The second-order valence-electron chi connectivity index (χ2n) is 6.21. The van der Waals surface area contributed by atoms with Gasteiger partial charge in [0.15, 0.2) is 0 Å². The first-order valence-electron chi connectivity index (χ1n) is 8.30. The van der Waals surface area contributed by atoms with Crippen molar-refractivity contribution in [1.82, 2.24) is 15.2 Å². The third kappa shape index (κ3) is 4.17. The lowest BCUT2D eigenvalue weighted by Gasteiger charge is -2.38. The van der Waals surface area contributed by atoms with Gasteiger partial charge in [-0.25, -0.2) is 4.98 Å². The lowest BCUT2D eigenvalue weighted by Crippen LogP contribution is -2.49. The van der Waals surface area contributed by atoms with Crippen LogP contribution in [-0.4, -0.2) is 48.6 Å². The van der Waals surface area contributed by atoms with Crippen molar-refractivity contribution < 1.29 is 0 Å². The van der Waals surface area contributed by atoms with Crippen LogP contribution in [0.25, 0.3) is 0 Å². The maximum atomic E-state index is 4.67. The molecule has 21 heavy (non-hydrogen) atoms. The standard InChI is InChI=1S/C17H30N4/c1-5-8-18-15(4)16-7-6-9-19-17(16)21-12-10-20(11-13-21)14(2)3/h6-7,9,14-15,18H,5,8,10-13H2,1-4H3. The summed E-state index contributed by atoms with van der Waals surface area (Å²) in [7, 11) is 0. The lowest BCUT2D eigenvalue weighted by molar-refractivity contribution is 0.209. The highest BCUT2D eigenvalue weighted by Gasteiger charge is 2.22. The zero-order chi connectivity index (χ0) is 15.2. The van der Waals surface area contributed by atoms with Gasteiger partial charge in [0.1, 0.15) is 5.82 Å². The van der Waals surface area contributed by atoms with Crippen LogP contribution in [0.3, 0.4) is 0 Å². The first kappa shape index (κ1) is 16.2. The number of piperazine rings is 1. The van der Waals surface area contributed by atoms with Crippen molar-refractivity contribution in [2.75, 3.05) is 37.6 Å². The average Bonchev–Trinajstić information content (AvgIpc) is 2.52. The molecule has 0 bridgehead atoms. The summed E-state index contributed by atoms with van der Waals surface area (Å²) in [5.41, 5.74) is 1.32. The molecule has 0 radical (unpaired) electrons. The summed E-state index contributed by atoms with van der Waals surface area (Å²) in [5, 5.41) is 3.58. The Morgan fingerprint density at radius 2 is 1.90 bits per heavy atom. The molecule has 0 aromatic carbocycles. The normalized spacial score (nSPS) is 18.2. The largest absolute Gasteiger partial charge is 0.354 e. The Labute approximate surface area is 129 Å². The Balaban J connectivity index is 2.06. The van der Waals surface area contributed by atoms with Crippen molar-refractivity contribution >= 4 is 5.82 Å². The maximum absolute atomic E-state index is 4.67. The average molecular weight is 290 g/mol. The second kappa shape index (κ2) is 7.76. The van der Waals surface area contributed by atoms with Gasteiger partial charge in [-0.15, -0.1) is 0 Å². The third-order valence-electron chi connectivity index (χ3n) is 4.33. The highest BCUT2D eigenvalue weighted by Crippen LogP contribution is 2.25. The van der Waals surface area contributed by atoms with Crippen LogP contribution in [0.1, 0.15) is 45.7 Å². The molecule has 1 unspecified atom stereocenters. The van der Waals surface area contributed by atoms with Gasteiger partial charge in [-0.05, 0) is 39.8 Å². The minimum atomic E-state index is 0.358. The van der Waals surface area contributed by atoms with E-state index in [1.54, 1.807) is 0 Å². The molecule has 0 spiro atoms. The Kier molecular flexibility index (Phi) is 6.00. The monoisotopic (exact) mass is 290 g/mol. The molecule has 0 saturated carbocycles. The van der Waals surface area contributed by atoms with E-state index in [4.69, 9.17) is 0 Å². The van der Waals surface area contributed by atoms with Gasteiger partial charge in [0, 0.05) is 50.0 Å². The van der Waals surface area contributed by atoms with Crippen LogP contribution in [0.2, 0.25) is 0 Å². The first-order valence-corrected chi connectivity index (χ1v) is 8.30. The summed E-state index contributed by atoms with van der Waals surface area (Å²) in [5.74, 6) is 1.16. The molecule has 1 aromatic rings. The van der Waals surface area contributed by atoms with Crippen LogP contribution in [0.5, 0.6) is 0 Å². The summed E-state index contributed by atoms with van der Waals surface area (Å²) < 4.78 is 0. The number of nitrogens with zero attached hydrogens (tertiary/aromatic N) is 3. The van der Waals surface area contributed by atoms with Gasteiger partial charge >= 0.3 is 0 Å². The van der Waals surface area contributed by atoms with Gasteiger partial charge in [0.05, 0.1) is 0 Å². The van der Waals surface area contributed by atoms with Crippen molar-refractivity contribution in [3.8, 4) is 0 Å². The van der Waals surface area contributed by atoms with E-state index in [9.17, 15) is 0 Å². The van der Waals surface area contributed by atoms with E-state index in [1.807, 2.05) is 12.3 Å². The lowest BCUT2D eigenvalue weighted by atomic mass is 10.1. The zero-order valence-electron chi connectivity index (χ0n) is 14.0. The molecular formula is C17H30N4. The molecule has 0 aliphatic carbocycles. The Hall–Kier alpha value is -1.13. The number of anilines is 1. The van der Waals surface area contributed by atoms with E-state index in [1.165, 1.54) is 5.56 Å². The van der Waals surface area contributed by atoms with Crippen LogP contribution < -0.4 is 10.2 Å². The van der Waals surface area contributed by atoms with E-state index in [0.717, 1.165) is 45.0 Å². The maximum Gasteiger partial charge on any atom is 0.133 e. The molecule has 4 heteroatoms. The van der Waals surface area contributed by atoms with Crippen molar-refractivity contribution in [3.05, 3.63) is 23.9 Å². The van der Waals surface area contributed by atoms with Crippen LogP contribution in [0.4, 0.5) is 5.82 Å². The van der Waals surface area contributed by atoms with Crippen LogP contribution in [0.15, 0.2) is 18.3 Å². The molecule has 1 aromatic heterocycles. The molecule has 1 saturated heterocycles. The second-order valence-corrected chi connectivity index (χ2v) is 6.21. The highest BCUT2D eigenvalue weighted by atomic mass is 15.3. The molecular weight excluding hydrogens is 260 g/mol. The topological polar surface area (TPSA) is 31.4 Å². The SMILES string of the molecule is CCCNC(C)c1cccnc1N1CCN(C(C)C)CC1. The molecule has 1 atom stereocenters. The zero-order valence-corrected chi connectivity index (χ0v) is 14.0. The van der Waals surface area contributed by atoms with Crippen molar-refractivity contribution in [2.45, 2.75) is 46.2 Å². The van der Waals surface area contributed by atoms with Crippen LogP contribution >= 0.6 is 0 Å². The highest BCUT2D eigenvalue weighted by molar-refractivity contribution is 5.48. The molecule has 1 fully saturated rings. The Bertz CT molecular complexity index is 425. The number of pyridine rings is 1. The number of aromatic nitrogens is 1. The van der Waals surface area contributed by atoms with E-state index in [2.05, 4.69) is 53.9 Å². The van der Waals surface area contributed by atoms with Gasteiger partial charge in [-0.2, -0.15) is 0 Å². The first-order chi connectivity index (χ1) is 10.1. The molecule has 118 valence electrons. The molecule has 0 amide bonds. The summed E-state index contributed by atoms with van der Waals surface area (Å²) in [6.07, 6.45) is 3.08. The molecule has 2 heterocycles.